The van der Waals surface area contributed by atoms with Gasteiger partial charge < -0.3 is 10.4 Å². The maximum Gasteiger partial charge on any atom is 0.295 e. The van der Waals surface area contributed by atoms with E-state index in [0.717, 1.165) is 30.5 Å². The minimum atomic E-state index is -3.25. The molecule has 0 saturated carbocycles. The molecule has 0 saturated heterocycles. The first-order valence-electron chi connectivity index (χ1n) is 8.28. The number of aliphatic hydroxyl groups is 1. The fraction of sp³-hybridized carbons (Fsp3) is 0.444. The van der Waals surface area contributed by atoms with Crippen LogP contribution in [0.15, 0.2) is 24.3 Å². The third kappa shape index (κ3) is 4.86. The first-order valence-corrected chi connectivity index (χ1v) is 8.66. The van der Waals surface area contributed by atoms with Crippen molar-refractivity contribution in [3.8, 4) is 0 Å². The van der Waals surface area contributed by atoms with E-state index in [-0.39, 0.29) is 10.8 Å². The van der Waals surface area contributed by atoms with Crippen molar-refractivity contribution in [3.05, 3.63) is 51.9 Å². The number of nitrogens with one attached hydrogen (secondary N) is 1. The summed E-state index contributed by atoms with van der Waals surface area (Å²) in [7, 11) is 0. The topological polar surface area (TPSA) is 58.0 Å². The Morgan fingerprint density at radius 2 is 2.00 bits per heavy atom. The van der Waals surface area contributed by atoms with Crippen LogP contribution in [0.1, 0.15) is 42.7 Å². The summed E-state index contributed by atoms with van der Waals surface area (Å²) in [6.45, 7) is 3.18. The molecule has 2 rings (SSSR count). The Labute approximate surface area is 151 Å². The van der Waals surface area contributed by atoms with Crippen LogP contribution in [-0.2, 0) is 25.3 Å². The fourth-order valence-corrected chi connectivity index (χ4v) is 2.83. The molecule has 2 N–H and O–H groups in total. The lowest BCUT2D eigenvalue weighted by molar-refractivity contribution is -0.0556. The smallest absolute Gasteiger partial charge is 0.295 e. The predicted molar refractivity (Wildman–Crippen MR) is 95.2 cm³/mol. The molecule has 0 unspecified atom stereocenters. The highest BCUT2D eigenvalue weighted by atomic mass is 35.5. The molecule has 25 heavy (non-hydrogen) atoms. The second kappa shape index (κ2) is 8.54. The number of halogens is 3. The third-order valence-corrected chi connectivity index (χ3v) is 4.08. The van der Waals surface area contributed by atoms with Gasteiger partial charge in [0, 0.05) is 17.7 Å². The molecule has 0 fully saturated rings. The van der Waals surface area contributed by atoms with Gasteiger partial charge in [-0.25, -0.2) is 9.97 Å². The Morgan fingerprint density at radius 1 is 1.24 bits per heavy atom. The molecule has 4 nitrogen and oxygen atoms in total. The molecule has 1 aromatic carbocycles. The average Bonchev–Trinajstić information content (AvgIpc) is 2.60. The van der Waals surface area contributed by atoms with E-state index in [1.54, 1.807) is 12.1 Å². The largest absolute Gasteiger partial charge is 0.390 e. The van der Waals surface area contributed by atoms with Crippen LogP contribution in [0.25, 0.3) is 0 Å². The minimum Gasteiger partial charge on any atom is -0.390 e. The number of hydrogen-bond donors (Lipinski definition) is 2. The van der Waals surface area contributed by atoms with E-state index in [1.165, 1.54) is 12.1 Å². The minimum absolute atomic E-state index is 0.170. The van der Waals surface area contributed by atoms with Crippen molar-refractivity contribution >= 4 is 17.4 Å². The number of aliphatic hydroxyl groups excluding tert-OH is 1. The summed E-state index contributed by atoms with van der Waals surface area (Å²) < 4.78 is 27.3. The number of benzene rings is 1. The van der Waals surface area contributed by atoms with Crippen LogP contribution in [-0.4, -0.2) is 21.7 Å². The van der Waals surface area contributed by atoms with E-state index in [2.05, 4.69) is 22.2 Å². The number of aromatic nitrogens is 2. The summed E-state index contributed by atoms with van der Waals surface area (Å²) in [5.41, 5.74) is 2.35. The van der Waals surface area contributed by atoms with Gasteiger partial charge in [-0.15, -0.1) is 0 Å². The Morgan fingerprint density at radius 3 is 2.64 bits per heavy atom. The van der Waals surface area contributed by atoms with Gasteiger partial charge in [0.05, 0.1) is 5.69 Å². The van der Waals surface area contributed by atoms with Gasteiger partial charge in [-0.3, -0.25) is 0 Å². The lowest BCUT2D eigenvalue weighted by Crippen LogP contribution is -2.18. The molecule has 0 bridgehead atoms. The van der Waals surface area contributed by atoms with Gasteiger partial charge in [0.1, 0.15) is 12.4 Å². The molecule has 0 aliphatic rings. The average molecular weight is 370 g/mol. The van der Waals surface area contributed by atoms with Crippen LogP contribution in [0.4, 0.5) is 14.6 Å². The zero-order chi connectivity index (χ0) is 18.4. The zero-order valence-electron chi connectivity index (χ0n) is 14.3. The van der Waals surface area contributed by atoms with Crippen molar-refractivity contribution in [2.45, 2.75) is 45.6 Å². The molecule has 1 aromatic heterocycles. The van der Waals surface area contributed by atoms with Crippen molar-refractivity contribution in [1.82, 2.24) is 9.97 Å². The lowest BCUT2D eigenvalue weighted by atomic mass is 10.1. The molecule has 0 atom stereocenters. The van der Waals surface area contributed by atoms with Gasteiger partial charge in [-0.1, -0.05) is 38.5 Å². The van der Waals surface area contributed by atoms with Crippen LogP contribution >= 0.6 is 11.6 Å². The van der Waals surface area contributed by atoms with Gasteiger partial charge in [0.15, 0.2) is 0 Å². The Hall–Kier alpha value is -1.79. The summed E-state index contributed by atoms with van der Waals surface area (Å²) >= 11 is 6.01. The number of nitrogens with zero attached hydrogens (tertiary/aromatic N) is 2. The second-order valence-electron chi connectivity index (χ2n) is 5.79. The SMILES string of the molecule is CCCc1nc(Cl)nc(NCc2cccc(C(F)(F)CO)c2)c1CC. The molecule has 0 spiro atoms. The molecule has 0 radical (unpaired) electrons. The Kier molecular flexibility index (Phi) is 6.67. The van der Waals surface area contributed by atoms with E-state index >= 15 is 0 Å². The van der Waals surface area contributed by atoms with E-state index in [9.17, 15) is 8.78 Å². The number of hydrogen-bond acceptors (Lipinski definition) is 4. The van der Waals surface area contributed by atoms with Gasteiger partial charge in [0.25, 0.3) is 5.92 Å². The van der Waals surface area contributed by atoms with Gasteiger partial charge >= 0.3 is 0 Å². The standard InChI is InChI=1S/C18H22ClF2N3O/c1-3-6-15-14(4-2)16(24-17(19)23-15)22-10-12-7-5-8-13(9-12)18(20,21)11-25/h5,7-9,25H,3-4,6,10-11H2,1-2H3,(H,22,23,24). The maximum atomic E-state index is 13.6. The van der Waals surface area contributed by atoms with E-state index < -0.39 is 12.5 Å². The van der Waals surface area contributed by atoms with Crippen molar-refractivity contribution in [1.29, 1.82) is 0 Å². The summed E-state index contributed by atoms with van der Waals surface area (Å²) in [6.07, 6.45) is 2.49. The molecule has 0 amide bonds. The summed E-state index contributed by atoms with van der Waals surface area (Å²) in [5.74, 6) is -2.62. The number of alkyl halides is 2. The van der Waals surface area contributed by atoms with Crippen LogP contribution in [0.5, 0.6) is 0 Å². The number of aryl methyl sites for hydroxylation is 1. The second-order valence-corrected chi connectivity index (χ2v) is 6.12. The Bertz CT molecular complexity index is 725. The Balaban J connectivity index is 2.23. The van der Waals surface area contributed by atoms with Crippen LogP contribution in [0.2, 0.25) is 5.28 Å². The quantitative estimate of drug-likeness (QED) is 0.679. The molecule has 2 aromatic rings. The maximum absolute atomic E-state index is 13.6. The van der Waals surface area contributed by atoms with Crippen LogP contribution < -0.4 is 5.32 Å². The summed E-state index contributed by atoms with van der Waals surface area (Å²) in [4.78, 5) is 8.54. The predicted octanol–water partition coefficient (Wildman–Crippen LogP) is 4.34. The van der Waals surface area contributed by atoms with Crippen molar-refractivity contribution < 1.29 is 13.9 Å². The van der Waals surface area contributed by atoms with Crippen molar-refractivity contribution in [2.24, 2.45) is 0 Å². The van der Waals surface area contributed by atoms with Gasteiger partial charge in [-0.05, 0) is 36.1 Å². The van der Waals surface area contributed by atoms with Crippen molar-refractivity contribution in [3.63, 3.8) is 0 Å². The highest BCUT2D eigenvalue weighted by Crippen LogP contribution is 2.28. The molecular formula is C18H22ClF2N3O. The molecule has 136 valence electrons. The highest BCUT2D eigenvalue weighted by molar-refractivity contribution is 6.28. The monoisotopic (exact) mass is 369 g/mol. The first-order chi connectivity index (χ1) is 11.9. The van der Waals surface area contributed by atoms with Crippen LogP contribution in [0, 0.1) is 0 Å². The first kappa shape index (κ1) is 19.5. The third-order valence-electron chi connectivity index (χ3n) is 3.91. The van der Waals surface area contributed by atoms with Gasteiger partial charge in [-0.2, -0.15) is 8.78 Å². The van der Waals surface area contributed by atoms with E-state index in [4.69, 9.17) is 16.7 Å². The van der Waals surface area contributed by atoms with Gasteiger partial charge in [0.2, 0.25) is 5.28 Å². The van der Waals surface area contributed by atoms with Crippen molar-refractivity contribution in [2.75, 3.05) is 11.9 Å². The number of anilines is 1. The highest BCUT2D eigenvalue weighted by Gasteiger charge is 2.30. The van der Waals surface area contributed by atoms with E-state index in [1.807, 2.05) is 6.92 Å². The molecule has 0 aliphatic carbocycles. The zero-order valence-corrected chi connectivity index (χ0v) is 15.1. The molecular weight excluding hydrogens is 348 g/mol. The fourth-order valence-electron chi connectivity index (χ4n) is 2.65. The molecule has 1 heterocycles. The summed E-state index contributed by atoms with van der Waals surface area (Å²) in [5, 5.41) is 12.2. The molecule has 0 aliphatic heterocycles. The molecule has 7 heteroatoms. The summed E-state index contributed by atoms with van der Waals surface area (Å²) in [6, 6.07) is 5.97. The lowest BCUT2D eigenvalue weighted by Gasteiger charge is -2.16. The normalized spacial score (nSPS) is 11.6. The number of rotatable bonds is 8. The van der Waals surface area contributed by atoms with E-state index in [0.29, 0.717) is 17.9 Å². The van der Waals surface area contributed by atoms with Crippen LogP contribution in [0.3, 0.4) is 0 Å².